The van der Waals surface area contributed by atoms with Gasteiger partial charge in [-0.25, -0.2) is 0 Å². The minimum atomic E-state index is -0.376. The lowest BCUT2D eigenvalue weighted by molar-refractivity contribution is -0.118. The van der Waals surface area contributed by atoms with Crippen molar-refractivity contribution in [1.82, 2.24) is 10.6 Å². The van der Waals surface area contributed by atoms with Gasteiger partial charge in [-0.15, -0.1) is 0 Å². The van der Waals surface area contributed by atoms with Crippen molar-refractivity contribution in [3.8, 4) is 6.07 Å². The molecule has 0 bridgehead atoms. The summed E-state index contributed by atoms with van der Waals surface area (Å²) in [5.74, 6) is -0.0683. The Hall–Kier alpha value is -1.38. The fourth-order valence-electron chi connectivity index (χ4n) is 1.39. The quantitative estimate of drug-likeness (QED) is 0.813. The number of amides is 1. The number of hydrogen-bond acceptors (Lipinski definition) is 3. The Morgan fingerprint density at radius 1 is 1.47 bits per heavy atom. The van der Waals surface area contributed by atoms with Crippen LogP contribution in [0.25, 0.3) is 0 Å². The summed E-state index contributed by atoms with van der Waals surface area (Å²) in [6.45, 7) is 2.53. The van der Waals surface area contributed by atoms with Crippen LogP contribution in [0.5, 0.6) is 0 Å². The highest BCUT2D eigenvalue weighted by Crippen LogP contribution is 2.22. The minimum Gasteiger partial charge on any atom is -0.355 e. The highest BCUT2D eigenvalue weighted by atomic mass is 79.9. The van der Waals surface area contributed by atoms with Gasteiger partial charge < -0.3 is 5.32 Å². The standard InChI is InChI=1S/C12H14BrN3O/c1-9(17)15-6-7-16-12(8-14)10-4-2-3-5-11(10)13/h2-5,12,16H,6-7H2,1H3,(H,15,17). The van der Waals surface area contributed by atoms with Crippen LogP contribution in [0.2, 0.25) is 0 Å². The van der Waals surface area contributed by atoms with Crippen LogP contribution in [0.3, 0.4) is 0 Å². The zero-order valence-corrected chi connectivity index (χ0v) is 11.1. The normalized spacial score (nSPS) is 11.6. The van der Waals surface area contributed by atoms with E-state index in [1.807, 2.05) is 24.3 Å². The molecule has 1 aromatic rings. The van der Waals surface area contributed by atoms with Crippen molar-refractivity contribution in [2.75, 3.05) is 13.1 Å². The van der Waals surface area contributed by atoms with E-state index in [-0.39, 0.29) is 11.9 Å². The van der Waals surface area contributed by atoms with Crippen molar-refractivity contribution in [1.29, 1.82) is 5.26 Å². The zero-order chi connectivity index (χ0) is 12.7. The van der Waals surface area contributed by atoms with Gasteiger partial charge in [0.05, 0.1) is 6.07 Å². The molecule has 1 rings (SSSR count). The van der Waals surface area contributed by atoms with Gasteiger partial charge in [-0.3, -0.25) is 10.1 Å². The first kappa shape index (κ1) is 13.7. The Morgan fingerprint density at radius 2 is 2.18 bits per heavy atom. The van der Waals surface area contributed by atoms with Crippen molar-refractivity contribution in [3.05, 3.63) is 34.3 Å². The first-order valence-electron chi connectivity index (χ1n) is 5.27. The fourth-order valence-corrected chi connectivity index (χ4v) is 1.90. The van der Waals surface area contributed by atoms with Crippen molar-refractivity contribution in [2.24, 2.45) is 0 Å². The van der Waals surface area contributed by atoms with E-state index in [1.165, 1.54) is 6.92 Å². The Balaban J connectivity index is 2.53. The topological polar surface area (TPSA) is 64.9 Å². The highest BCUT2D eigenvalue weighted by Gasteiger charge is 2.11. The van der Waals surface area contributed by atoms with Crippen LogP contribution < -0.4 is 10.6 Å². The molecule has 5 heteroatoms. The molecular formula is C12H14BrN3O. The van der Waals surface area contributed by atoms with Crippen LogP contribution in [0.4, 0.5) is 0 Å². The number of hydrogen-bond donors (Lipinski definition) is 2. The van der Waals surface area contributed by atoms with E-state index in [1.54, 1.807) is 0 Å². The summed E-state index contributed by atoms with van der Waals surface area (Å²) in [6, 6.07) is 9.40. The van der Waals surface area contributed by atoms with Crippen molar-refractivity contribution >= 4 is 21.8 Å². The van der Waals surface area contributed by atoms with E-state index in [4.69, 9.17) is 5.26 Å². The largest absolute Gasteiger partial charge is 0.355 e. The second-order valence-corrected chi connectivity index (χ2v) is 4.38. The third-order valence-electron chi connectivity index (χ3n) is 2.19. The van der Waals surface area contributed by atoms with Gasteiger partial charge in [0.25, 0.3) is 0 Å². The Labute approximate surface area is 109 Å². The Kier molecular flexibility index (Phi) is 5.67. The van der Waals surface area contributed by atoms with Gasteiger partial charge in [0.1, 0.15) is 6.04 Å². The van der Waals surface area contributed by atoms with E-state index in [0.717, 1.165) is 10.0 Å². The third-order valence-corrected chi connectivity index (χ3v) is 2.91. The predicted octanol–water partition coefficient (Wildman–Crippen LogP) is 1.74. The maximum Gasteiger partial charge on any atom is 0.216 e. The van der Waals surface area contributed by atoms with E-state index in [2.05, 4.69) is 32.6 Å². The number of nitriles is 1. The zero-order valence-electron chi connectivity index (χ0n) is 9.53. The van der Waals surface area contributed by atoms with E-state index >= 15 is 0 Å². The number of nitrogens with one attached hydrogen (secondary N) is 2. The summed E-state index contributed by atoms with van der Waals surface area (Å²) in [6.07, 6.45) is 0. The Morgan fingerprint density at radius 3 is 2.76 bits per heavy atom. The van der Waals surface area contributed by atoms with Gasteiger partial charge in [0.15, 0.2) is 0 Å². The van der Waals surface area contributed by atoms with Crippen LogP contribution in [-0.2, 0) is 4.79 Å². The number of halogens is 1. The maximum atomic E-state index is 10.7. The summed E-state index contributed by atoms with van der Waals surface area (Å²) in [5.41, 5.74) is 0.901. The van der Waals surface area contributed by atoms with Gasteiger partial charge in [0.2, 0.25) is 5.91 Å². The second-order valence-electron chi connectivity index (χ2n) is 3.52. The van der Waals surface area contributed by atoms with Gasteiger partial charge in [-0.1, -0.05) is 34.1 Å². The molecule has 1 amide bonds. The Bertz CT molecular complexity index is 428. The lowest BCUT2D eigenvalue weighted by atomic mass is 10.1. The fraction of sp³-hybridized carbons (Fsp3) is 0.333. The molecule has 1 atom stereocenters. The van der Waals surface area contributed by atoms with Crippen molar-refractivity contribution < 1.29 is 4.79 Å². The molecule has 0 radical (unpaired) electrons. The van der Waals surface area contributed by atoms with Gasteiger partial charge >= 0.3 is 0 Å². The van der Waals surface area contributed by atoms with E-state index in [9.17, 15) is 4.79 Å². The van der Waals surface area contributed by atoms with Crippen LogP contribution in [0, 0.1) is 11.3 Å². The molecule has 90 valence electrons. The average Bonchev–Trinajstić information content (AvgIpc) is 2.30. The molecule has 0 fully saturated rings. The first-order valence-corrected chi connectivity index (χ1v) is 6.06. The summed E-state index contributed by atoms with van der Waals surface area (Å²) >= 11 is 3.41. The molecule has 0 saturated carbocycles. The molecule has 2 N–H and O–H groups in total. The maximum absolute atomic E-state index is 10.7. The predicted molar refractivity (Wildman–Crippen MR) is 69.2 cm³/mol. The second kappa shape index (κ2) is 7.05. The lowest BCUT2D eigenvalue weighted by Gasteiger charge is -2.13. The SMILES string of the molecule is CC(=O)NCCNC(C#N)c1ccccc1Br. The number of benzene rings is 1. The van der Waals surface area contributed by atoms with Crippen LogP contribution in [-0.4, -0.2) is 19.0 Å². The molecule has 0 aromatic heterocycles. The molecule has 1 unspecified atom stereocenters. The number of carbonyl (C=O) groups excluding carboxylic acids is 1. The van der Waals surface area contributed by atoms with Gasteiger partial charge in [-0.05, 0) is 11.6 Å². The smallest absolute Gasteiger partial charge is 0.216 e. The van der Waals surface area contributed by atoms with E-state index < -0.39 is 0 Å². The first-order chi connectivity index (χ1) is 8.15. The molecular weight excluding hydrogens is 282 g/mol. The molecule has 0 heterocycles. The van der Waals surface area contributed by atoms with E-state index in [0.29, 0.717) is 13.1 Å². The van der Waals surface area contributed by atoms with Crippen LogP contribution >= 0.6 is 15.9 Å². The monoisotopic (exact) mass is 295 g/mol. The van der Waals surface area contributed by atoms with Gasteiger partial charge in [-0.2, -0.15) is 5.26 Å². The summed E-state index contributed by atoms with van der Waals surface area (Å²) < 4.78 is 0.901. The summed E-state index contributed by atoms with van der Waals surface area (Å²) in [7, 11) is 0. The number of carbonyl (C=O) groups is 1. The van der Waals surface area contributed by atoms with Gasteiger partial charge in [0, 0.05) is 24.5 Å². The molecule has 1 aromatic carbocycles. The molecule has 4 nitrogen and oxygen atoms in total. The molecule has 17 heavy (non-hydrogen) atoms. The van der Waals surface area contributed by atoms with Crippen molar-refractivity contribution in [2.45, 2.75) is 13.0 Å². The minimum absolute atomic E-state index is 0.0683. The summed E-state index contributed by atoms with van der Waals surface area (Å²) in [4.78, 5) is 10.7. The van der Waals surface area contributed by atoms with Crippen LogP contribution in [0.1, 0.15) is 18.5 Å². The number of rotatable bonds is 5. The lowest BCUT2D eigenvalue weighted by Crippen LogP contribution is -2.32. The molecule has 0 aliphatic rings. The summed E-state index contributed by atoms with van der Waals surface area (Å²) in [5, 5.41) is 14.8. The molecule has 0 spiro atoms. The molecule has 0 aliphatic carbocycles. The highest BCUT2D eigenvalue weighted by molar-refractivity contribution is 9.10. The number of nitrogens with zero attached hydrogens (tertiary/aromatic N) is 1. The molecule has 0 aliphatic heterocycles. The molecule has 0 saturated heterocycles. The average molecular weight is 296 g/mol. The third kappa shape index (κ3) is 4.55. The van der Waals surface area contributed by atoms with Crippen molar-refractivity contribution in [3.63, 3.8) is 0 Å². The van der Waals surface area contributed by atoms with Crippen LogP contribution in [0.15, 0.2) is 28.7 Å².